The highest BCUT2D eigenvalue weighted by Gasteiger charge is 2.21. The maximum absolute atomic E-state index is 11.2. The van der Waals surface area contributed by atoms with Gasteiger partial charge in [0.05, 0.1) is 5.69 Å². The molecule has 2 atom stereocenters. The van der Waals surface area contributed by atoms with E-state index in [1.807, 2.05) is 32.0 Å². The second-order valence-corrected chi connectivity index (χ2v) is 5.89. The molecule has 5 nitrogen and oxygen atoms in total. The quantitative estimate of drug-likeness (QED) is 0.844. The van der Waals surface area contributed by atoms with Crippen LogP contribution < -0.4 is 10.6 Å². The topological polar surface area (TPSA) is 67.2 Å². The largest absolute Gasteiger partial charge is 0.361 e. The number of aromatic nitrogens is 1. The van der Waals surface area contributed by atoms with Crippen LogP contribution >= 0.6 is 0 Å². The van der Waals surface area contributed by atoms with Crippen LogP contribution in [0.4, 0.5) is 5.69 Å². The van der Waals surface area contributed by atoms with Gasteiger partial charge in [0, 0.05) is 30.3 Å². The molecule has 0 aliphatic carbocycles. The number of nitrogens with zero attached hydrogens (tertiary/aromatic N) is 1. The molecule has 0 saturated carbocycles. The number of nitrogens with one attached hydrogen (secondary N) is 2. The fraction of sp³-hybridized carbons (Fsp3) is 0.444. The molecular formula is C18H25N3O2. The number of aryl methyl sites for hydroxylation is 2. The van der Waals surface area contributed by atoms with E-state index < -0.39 is 0 Å². The molecule has 1 heterocycles. The fourth-order valence-electron chi connectivity index (χ4n) is 2.88. The van der Waals surface area contributed by atoms with Crippen molar-refractivity contribution in [2.24, 2.45) is 0 Å². The third-order valence-corrected chi connectivity index (χ3v) is 4.00. The molecule has 0 spiro atoms. The maximum Gasteiger partial charge on any atom is 0.221 e. The minimum Gasteiger partial charge on any atom is -0.361 e. The minimum atomic E-state index is -0.0649. The lowest BCUT2D eigenvalue weighted by molar-refractivity contribution is -0.114. The number of hydrogen-bond donors (Lipinski definition) is 2. The van der Waals surface area contributed by atoms with Crippen molar-refractivity contribution in [3.05, 3.63) is 46.8 Å². The van der Waals surface area contributed by atoms with Gasteiger partial charge in [-0.1, -0.05) is 24.2 Å². The molecule has 2 aromatic rings. The van der Waals surface area contributed by atoms with E-state index >= 15 is 0 Å². The van der Waals surface area contributed by atoms with Crippen LogP contribution in [0.3, 0.4) is 0 Å². The number of carbonyl (C=O) groups is 1. The molecule has 0 saturated heterocycles. The van der Waals surface area contributed by atoms with Gasteiger partial charge in [-0.25, -0.2) is 0 Å². The second kappa shape index (κ2) is 7.42. The number of rotatable bonds is 6. The minimum absolute atomic E-state index is 0.0649. The summed E-state index contributed by atoms with van der Waals surface area (Å²) in [6, 6.07) is 8.23. The lowest BCUT2D eigenvalue weighted by Crippen LogP contribution is -2.25. The fourth-order valence-corrected chi connectivity index (χ4v) is 2.88. The van der Waals surface area contributed by atoms with Crippen LogP contribution in [0.5, 0.6) is 0 Å². The Kier molecular flexibility index (Phi) is 5.55. The van der Waals surface area contributed by atoms with E-state index in [9.17, 15) is 4.79 Å². The first-order chi connectivity index (χ1) is 10.9. The van der Waals surface area contributed by atoms with E-state index in [0.29, 0.717) is 0 Å². The van der Waals surface area contributed by atoms with E-state index in [4.69, 9.17) is 4.52 Å². The van der Waals surface area contributed by atoms with Gasteiger partial charge in [-0.3, -0.25) is 4.79 Å². The maximum atomic E-state index is 11.2. The Labute approximate surface area is 137 Å². The molecule has 0 radical (unpaired) electrons. The third kappa shape index (κ3) is 4.20. The number of benzene rings is 1. The summed E-state index contributed by atoms with van der Waals surface area (Å²) in [6.45, 7) is 9.69. The summed E-state index contributed by atoms with van der Waals surface area (Å²) < 4.78 is 5.29. The van der Waals surface area contributed by atoms with Gasteiger partial charge in [-0.2, -0.15) is 0 Å². The molecular weight excluding hydrogens is 290 g/mol. The average Bonchev–Trinajstić information content (AvgIpc) is 2.83. The SMILES string of the molecule is CC[C@H](N[C@@H](C)c1cccc(NC(C)=O)c1)c1c(C)noc1C. The van der Waals surface area contributed by atoms with Crippen LogP contribution in [0.25, 0.3) is 0 Å². The predicted molar refractivity (Wildman–Crippen MR) is 91.3 cm³/mol. The van der Waals surface area contributed by atoms with Crippen molar-refractivity contribution in [1.29, 1.82) is 0 Å². The predicted octanol–water partition coefficient (Wildman–Crippen LogP) is 4.05. The number of anilines is 1. The van der Waals surface area contributed by atoms with Crippen molar-refractivity contribution < 1.29 is 9.32 Å². The molecule has 5 heteroatoms. The summed E-state index contributed by atoms with van der Waals surface area (Å²) >= 11 is 0. The molecule has 2 rings (SSSR count). The molecule has 0 bridgehead atoms. The zero-order valence-corrected chi connectivity index (χ0v) is 14.4. The van der Waals surface area contributed by atoms with Crippen LogP contribution in [-0.2, 0) is 4.79 Å². The van der Waals surface area contributed by atoms with E-state index in [-0.39, 0.29) is 18.0 Å². The molecule has 1 aromatic heterocycles. The van der Waals surface area contributed by atoms with E-state index in [1.165, 1.54) is 6.92 Å². The molecule has 0 aliphatic rings. The van der Waals surface area contributed by atoms with Crippen LogP contribution in [0.15, 0.2) is 28.8 Å². The highest BCUT2D eigenvalue weighted by molar-refractivity contribution is 5.88. The first-order valence-corrected chi connectivity index (χ1v) is 7.98. The Hall–Kier alpha value is -2.14. The highest BCUT2D eigenvalue weighted by Crippen LogP contribution is 2.27. The number of amides is 1. The van der Waals surface area contributed by atoms with Crippen LogP contribution in [0.1, 0.15) is 61.9 Å². The van der Waals surface area contributed by atoms with Gasteiger partial charge in [0.1, 0.15) is 5.76 Å². The summed E-state index contributed by atoms with van der Waals surface area (Å²) in [5.74, 6) is 0.797. The smallest absolute Gasteiger partial charge is 0.221 e. The average molecular weight is 315 g/mol. The summed E-state index contributed by atoms with van der Waals surface area (Å²) in [5.41, 5.74) is 4.01. The Balaban J connectivity index is 2.17. The van der Waals surface area contributed by atoms with Gasteiger partial charge in [0.25, 0.3) is 0 Å². The zero-order chi connectivity index (χ0) is 17.0. The molecule has 0 fully saturated rings. The van der Waals surface area contributed by atoms with Crippen LogP contribution in [-0.4, -0.2) is 11.1 Å². The van der Waals surface area contributed by atoms with Crippen molar-refractivity contribution in [2.75, 3.05) is 5.32 Å². The Morgan fingerprint density at radius 1 is 1.35 bits per heavy atom. The normalized spacial score (nSPS) is 13.6. The number of hydrogen-bond acceptors (Lipinski definition) is 4. The summed E-state index contributed by atoms with van der Waals surface area (Å²) in [5, 5.41) is 10.5. The lowest BCUT2D eigenvalue weighted by Gasteiger charge is -2.23. The van der Waals surface area contributed by atoms with E-state index in [2.05, 4.69) is 35.7 Å². The van der Waals surface area contributed by atoms with Gasteiger partial charge in [-0.15, -0.1) is 0 Å². The monoisotopic (exact) mass is 315 g/mol. The van der Waals surface area contributed by atoms with E-state index in [0.717, 1.165) is 34.7 Å². The van der Waals surface area contributed by atoms with E-state index in [1.54, 1.807) is 0 Å². The molecule has 0 unspecified atom stereocenters. The van der Waals surface area contributed by atoms with Crippen molar-refractivity contribution >= 4 is 11.6 Å². The second-order valence-electron chi connectivity index (χ2n) is 5.89. The molecule has 2 N–H and O–H groups in total. The molecule has 1 amide bonds. The Morgan fingerprint density at radius 2 is 2.09 bits per heavy atom. The Bertz CT molecular complexity index is 659. The first kappa shape index (κ1) is 17.2. The van der Waals surface area contributed by atoms with Gasteiger partial charge >= 0.3 is 0 Å². The van der Waals surface area contributed by atoms with Crippen molar-refractivity contribution in [1.82, 2.24) is 10.5 Å². The molecule has 1 aromatic carbocycles. The molecule has 23 heavy (non-hydrogen) atoms. The summed E-state index contributed by atoms with van der Waals surface area (Å²) in [4.78, 5) is 11.2. The first-order valence-electron chi connectivity index (χ1n) is 7.98. The summed E-state index contributed by atoms with van der Waals surface area (Å²) in [7, 11) is 0. The third-order valence-electron chi connectivity index (χ3n) is 4.00. The van der Waals surface area contributed by atoms with Crippen LogP contribution in [0, 0.1) is 13.8 Å². The lowest BCUT2D eigenvalue weighted by atomic mass is 10.00. The van der Waals surface area contributed by atoms with Crippen molar-refractivity contribution in [3.63, 3.8) is 0 Å². The van der Waals surface area contributed by atoms with Gasteiger partial charge in [0.2, 0.25) is 5.91 Å². The van der Waals surface area contributed by atoms with Crippen molar-refractivity contribution in [2.45, 2.75) is 53.1 Å². The molecule has 124 valence electrons. The summed E-state index contributed by atoms with van der Waals surface area (Å²) in [6.07, 6.45) is 0.943. The zero-order valence-electron chi connectivity index (χ0n) is 14.4. The van der Waals surface area contributed by atoms with Crippen LogP contribution in [0.2, 0.25) is 0 Å². The number of carbonyl (C=O) groups excluding carboxylic acids is 1. The highest BCUT2D eigenvalue weighted by atomic mass is 16.5. The van der Waals surface area contributed by atoms with Gasteiger partial charge < -0.3 is 15.2 Å². The van der Waals surface area contributed by atoms with Gasteiger partial charge in [-0.05, 0) is 44.9 Å². The molecule has 0 aliphatic heterocycles. The van der Waals surface area contributed by atoms with Crippen molar-refractivity contribution in [3.8, 4) is 0 Å². The standard InChI is InChI=1S/C18H25N3O2/c1-6-17(18-12(3)21-23-13(18)4)19-11(2)15-8-7-9-16(10-15)20-14(5)22/h7-11,17,19H,6H2,1-5H3,(H,20,22)/t11-,17-/m0/s1. The Morgan fingerprint density at radius 3 is 2.65 bits per heavy atom. The van der Waals surface area contributed by atoms with Gasteiger partial charge in [0.15, 0.2) is 0 Å².